The Kier molecular flexibility index (Phi) is 3.17. The number of aromatic hydroxyl groups is 2. The molecule has 5 heteroatoms. The Morgan fingerprint density at radius 1 is 1.15 bits per heavy atom. The lowest BCUT2D eigenvalue weighted by Crippen LogP contribution is -2.04. The van der Waals surface area contributed by atoms with Crippen LogP contribution in [0.3, 0.4) is 0 Å². The van der Waals surface area contributed by atoms with Gasteiger partial charge in [0.2, 0.25) is 5.88 Å². The molecule has 0 saturated heterocycles. The van der Waals surface area contributed by atoms with Crippen LogP contribution in [0.4, 0.5) is 0 Å². The molecule has 20 heavy (non-hydrogen) atoms. The van der Waals surface area contributed by atoms with Gasteiger partial charge in [-0.3, -0.25) is 4.57 Å². The van der Waals surface area contributed by atoms with Crippen molar-refractivity contribution in [2.24, 2.45) is 0 Å². The van der Waals surface area contributed by atoms with Crippen molar-refractivity contribution >= 4 is 15.9 Å². The normalized spacial score (nSPS) is 12.9. The van der Waals surface area contributed by atoms with Gasteiger partial charge in [-0.2, -0.15) is 0 Å². The molecule has 1 aromatic carbocycles. The summed E-state index contributed by atoms with van der Waals surface area (Å²) in [5, 5.41) is 20.7. The lowest BCUT2D eigenvalue weighted by Gasteiger charge is -2.20. The molecule has 1 aromatic heterocycles. The van der Waals surface area contributed by atoms with Crippen molar-refractivity contribution < 1.29 is 14.9 Å². The van der Waals surface area contributed by atoms with Crippen LogP contribution in [0.15, 0.2) is 16.6 Å². The van der Waals surface area contributed by atoms with Gasteiger partial charge in [0.1, 0.15) is 5.75 Å². The van der Waals surface area contributed by atoms with E-state index in [0.29, 0.717) is 24.3 Å². The van der Waals surface area contributed by atoms with Crippen LogP contribution in [-0.4, -0.2) is 21.9 Å². The highest BCUT2D eigenvalue weighted by molar-refractivity contribution is 9.10. The molecule has 2 aromatic rings. The Bertz CT molecular complexity index is 691. The lowest BCUT2D eigenvalue weighted by atomic mass is 9.87. The Morgan fingerprint density at radius 2 is 1.85 bits per heavy atom. The van der Waals surface area contributed by atoms with Crippen LogP contribution in [0.1, 0.15) is 18.1 Å². The van der Waals surface area contributed by atoms with Crippen molar-refractivity contribution in [3.05, 3.63) is 27.7 Å². The van der Waals surface area contributed by atoms with Gasteiger partial charge in [0.15, 0.2) is 5.88 Å². The van der Waals surface area contributed by atoms with Gasteiger partial charge in [0, 0.05) is 22.1 Å². The number of rotatable bonds is 2. The van der Waals surface area contributed by atoms with Gasteiger partial charge in [0.05, 0.1) is 12.7 Å². The summed E-state index contributed by atoms with van der Waals surface area (Å²) in [6, 6.07) is 3.83. The number of hydrogen-bond donors (Lipinski definition) is 2. The molecule has 3 rings (SSSR count). The molecule has 2 N–H and O–H groups in total. The van der Waals surface area contributed by atoms with Gasteiger partial charge in [-0.1, -0.05) is 15.9 Å². The molecule has 1 heterocycles. The summed E-state index contributed by atoms with van der Waals surface area (Å²) in [6.07, 6.45) is 1.52. The Morgan fingerprint density at radius 3 is 2.50 bits per heavy atom. The fourth-order valence-corrected chi connectivity index (χ4v) is 3.51. The molecular formula is C15H16BrNO3. The third kappa shape index (κ3) is 1.66. The van der Waals surface area contributed by atoms with Crippen molar-refractivity contribution in [2.45, 2.75) is 26.3 Å². The Balaban J connectivity index is 2.38. The monoisotopic (exact) mass is 337 g/mol. The standard InChI is InChI=1S/C15H16BrNO3/c1-3-17-14(18)9-5-4-8-10(16)6-7-11(20-2)12(8)13(9)15(17)19/h6-7,18-19H,3-5H2,1-2H3. The molecule has 1 aliphatic carbocycles. The van der Waals surface area contributed by atoms with Crippen LogP contribution in [0.5, 0.6) is 17.5 Å². The molecule has 106 valence electrons. The number of aromatic nitrogens is 1. The molecule has 0 aliphatic heterocycles. The molecule has 0 radical (unpaired) electrons. The molecule has 4 nitrogen and oxygen atoms in total. The minimum atomic E-state index is 0.109. The summed E-state index contributed by atoms with van der Waals surface area (Å²) in [6.45, 7) is 2.42. The summed E-state index contributed by atoms with van der Waals surface area (Å²) in [5.74, 6) is 0.984. The van der Waals surface area contributed by atoms with Gasteiger partial charge < -0.3 is 14.9 Å². The maximum Gasteiger partial charge on any atom is 0.202 e. The van der Waals surface area contributed by atoms with Crippen molar-refractivity contribution in [3.63, 3.8) is 0 Å². The first-order chi connectivity index (χ1) is 9.60. The van der Waals surface area contributed by atoms with Gasteiger partial charge in [-0.05, 0) is 37.5 Å². The van der Waals surface area contributed by atoms with Crippen molar-refractivity contribution in [3.8, 4) is 28.6 Å². The van der Waals surface area contributed by atoms with E-state index < -0.39 is 0 Å². The number of ether oxygens (including phenoxy) is 1. The summed E-state index contributed by atoms with van der Waals surface area (Å²) >= 11 is 3.56. The Labute approximate surface area is 125 Å². The maximum atomic E-state index is 10.4. The van der Waals surface area contributed by atoms with E-state index in [2.05, 4.69) is 15.9 Å². The second-order valence-electron chi connectivity index (χ2n) is 4.85. The van der Waals surface area contributed by atoms with Crippen molar-refractivity contribution in [2.75, 3.05) is 7.11 Å². The van der Waals surface area contributed by atoms with E-state index in [0.717, 1.165) is 27.6 Å². The average molecular weight is 338 g/mol. The van der Waals surface area contributed by atoms with Crippen LogP contribution < -0.4 is 4.74 Å². The first-order valence-electron chi connectivity index (χ1n) is 6.59. The summed E-state index contributed by atoms with van der Waals surface area (Å²) in [7, 11) is 1.62. The molecule has 0 unspecified atom stereocenters. The highest BCUT2D eigenvalue weighted by Gasteiger charge is 2.31. The van der Waals surface area contributed by atoms with Crippen molar-refractivity contribution in [1.82, 2.24) is 4.57 Å². The average Bonchev–Trinajstić information content (AvgIpc) is 2.71. The van der Waals surface area contributed by atoms with Crippen LogP contribution in [-0.2, 0) is 19.4 Å². The molecular weight excluding hydrogens is 322 g/mol. The highest BCUT2D eigenvalue weighted by Crippen LogP contribution is 2.50. The fraction of sp³-hybridized carbons (Fsp3) is 0.333. The van der Waals surface area contributed by atoms with E-state index in [1.54, 1.807) is 7.11 Å². The number of halogens is 1. The molecule has 0 bridgehead atoms. The van der Waals surface area contributed by atoms with E-state index in [4.69, 9.17) is 4.74 Å². The molecule has 1 aliphatic rings. The van der Waals surface area contributed by atoms with E-state index in [9.17, 15) is 10.2 Å². The smallest absolute Gasteiger partial charge is 0.202 e. The first kappa shape index (κ1) is 13.4. The lowest BCUT2D eigenvalue weighted by molar-refractivity contribution is 0.372. The Hall–Kier alpha value is -1.62. The van der Waals surface area contributed by atoms with E-state index in [1.807, 2.05) is 19.1 Å². The minimum Gasteiger partial charge on any atom is -0.496 e. The summed E-state index contributed by atoms with van der Waals surface area (Å²) < 4.78 is 7.97. The number of fused-ring (bicyclic) bond motifs is 3. The van der Waals surface area contributed by atoms with Crippen LogP contribution in [0.25, 0.3) is 11.1 Å². The van der Waals surface area contributed by atoms with Gasteiger partial charge >= 0.3 is 0 Å². The summed E-state index contributed by atoms with van der Waals surface area (Å²) in [5.41, 5.74) is 3.49. The van der Waals surface area contributed by atoms with Crippen LogP contribution >= 0.6 is 15.9 Å². The zero-order valence-electron chi connectivity index (χ0n) is 11.4. The zero-order valence-corrected chi connectivity index (χ0v) is 13.0. The predicted octanol–water partition coefficient (Wildman–Crippen LogP) is 3.46. The van der Waals surface area contributed by atoms with Crippen LogP contribution in [0.2, 0.25) is 0 Å². The third-order valence-corrected chi connectivity index (χ3v) is 4.68. The van der Waals surface area contributed by atoms with Gasteiger partial charge in [0.25, 0.3) is 0 Å². The summed E-state index contributed by atoms with van der Waals surface area (Å²) in [4.78, 5) is 0. The molecule has 0 amide bonds. The fourth-order valence-electron chi connectivity index (χ4n) is 2.98. The third-order valence-electron chi connectivity index (χ3n) is 3.94. The van der Waals surface area contributed by atoms with Gasteiger partial charge in [-0.25, -0.2) is 0 Å². The number of benzene rings is 1. The SMILES string of the molecule is CCn1c(O)c2c(c1O)-c1c(OC)ccc(Br)c1CC2. The predicted molar refractivity (Wildman–Crippen MR) is 80.5 cm³/mol. The van der Waals surface area contributed by atoms with Crippen molar-refractivity contribution in [1.29, 1.82) is 0 Å². The minimum absolute atomic E-state index is 0.109. The topological polar surface area (TPSA) is 54.6 Å². The van der Waals surface area contributed by atoms with E-state index >= 15 is 0 Å². The molecule has 0 spiro atoms. The molecule has 0 atom stereocenters. The maximum absolute atomic E-state index is 10.4. The number of nitrogens with zero attached hydrogens (tertiary/aromatic N) is 1. The number of methoxy groups -OCH3 is 1. The zero-order chi connectivity index (χ0) is 14.4. The molecule has 0 fully saturated rings. The van der Waals surface area contributed by atoms with Gasteiger partial charge in [-0.15, -0.1) is 0 Å². The number of hydrogen-bond acceptors (Lipinski definition) is 3. The second-order valence-corrected chi connectivity index (χ2v) is 5.70. The quantitative estimate of drug-likeness (QED) is 0.882. The van der Waals surface area contributed by atoms with E-state index in [-0.39, 0.29) is 11.8 Å². The largest absolute Gasteiger partial charge is 0.496 e. The first-order valence-corrected chi connectivity index (χ1v) is 7.38. The van der Waals surface area contributed by atoms with Crippen LogP contribution in [0, 0.1) is 0 Å². The molecule has 0 saturated carbocycles. The highest BCUT2D eigenvalue weighted by atomic mass is 79.9. The van der Waals surface area contributed by atoms with E-state index in [1.165, 1.54) is 4.57 Å². The second kappa shape index (κ2) is 4.74.